The third kappa shape index (κ3) is 5.33. The molecule has 2 rings (SSSR count). The monoisotopic (exact) mass is 276 g/mol. The second-order valence-corrected chi connectivity index (χ2v) is 4.87. The molecule has 0 amide bonds. The Kier molecular flexibility index (Phi) is 6.57. The number of ether oxygens (including phenoxy) is 2. The van der Waals surface area contributed by atoms with Crippen molar-refractivity contribution in [2.45, 2.75) is 6.54 Å². The summed E-state index contributed by atoms with van der Waals surface area (Å²) in [6.45, 7) is 11.0. The Morgan fingerprint density at radius 1 is 1.25 bits per heavy atom. The first-order valence-electron chi connectivity index (χ1n) is 7.22. The van der Waals surface area contributed by atoms with Crippen LogP contribution in [0.2, 0.25) is 0 Å². The third-order valence-electron chi connectivity index (χ3n) is 3.33. The van der Waals surface area contributed by atoms with Gasteiger partial charge in [0.2, 0.25) is 0 Å². The zero-order chi connectivity index (χ0) is 14.0. The van der Waals surface area contributed by atoms with Gasteiger partial charge in [-0.3, -0.25) is 4.90 Å². The van der Waals surface area contributed by atoms with Crippen LogP contribution in [0.3, 0.4) is 0 Å². The molecule has 0 saturated carbocycles. The van der Waals surface area contributed by atoms with E-state index in [2.05, 4.69) is 28.9 Å². The molecule has 0 unspecified atom stereocenters. The number of morpholine rings is 1. The van der Waals surface area contributed by atoms with Gasteiger partial charge in [0, 0.05) is 32.7 Å². The first-order valence-corrected chi connectivity index (χ1v) is 7.22. The fourth-order valence-electron chi connectivity index (χ4n) is 2.15. The van der Waals surface area contributed by atoms with Crippen LogP contribution in [-0.2, 0) is 11.3 Å². The normalized spacial score (nSPS) is 16.0. The standard InChI is InChI=1S/C16H24N2O2/c1-2-11-20-16-5-3-15(4-6-16)14-17-7-8-18-9-12-19-13-10-18/h2-6,17H,1,7-14H2. The van der Waals surface area contributed by atoms with Crippen LogP contribution in [0.4, 0.5) is 0 Å². The molecular formula is C16H24N2O2. The van der Waals surface area contributed by atoms with E-state index in [9.17, 15) is 0 Å². The highest BCUT2D eigenvalue weighted by molar-refractivity contribution is 5.27. The van der Waals surface area contributed by atoms with E-state index in [0.717, 1.165) is 51.7 Å². The summed E-state index contributed by atoms with van der Waals surface area (Å²) in [6, 6.07) is 8.20. The lowest BCUT2D eigenvalue weighted by Gasteiger charge is -2.26. The lowest BCUT2D eigenvalue weighted by molar-refractivity contribution is 0.0384. The molecular weight excluding hydrogens is 252 g/mol. The first-order chi connectivity index (χ1) is 9.88. The van der Waals surface area contributed by atoms with Gasteiger partial charge in [-0.05, 0) is 17.7 Å². The van der Waals surface area contributed by atoms with Crippen molar-refractivity contribution >= 4 is 0 Å². The number of rotatable bonds is 8. The zero-order valence-electron chi connectivity index (χ0n) is 12.0. The molecule has 1 aliphatic heterocycles. The molecule has 1 saturated heterocycles. The van der Waals surface area contributed by atoms with Crippen molar-refractivity contribution in [1.82, 2.24) is 10.2 Å². The molecule has 1 aromatic rings. The van der Waals surface area contributed by atoms with E-state index in [1.165, 1.54) is 5.56 Å². The molecule has 0 aromatic heterocycles. The first kappa shape index (κ1) is 15.0. The van der Waals surface area contributed by atoms with E-state index in [1.54, 1.807) is 6.08 Å². The van der Waals surface area contributed by atoms with Gasteiger partial charge < -0.3 is 14.8 Å². The molecule has 1 aromatic carbocycles. The molecule has 4 heteroatoms. The highest BCUT2D eigenvalue weighted by atomic mass is 16.5. The minimum atomic E-state index is 0.553. The van der Waals surface area contributed by atoms with Gasteiger partial charge in [0.1, 0.15) is 12.4 Å². The number of hydrogen-bond donors (Lipinski definition) is 1. The van der Waals surface area contributed by atoms with Crippen molar-refractivity contribution in [3.05, 3.63) is 42.5 Å². The average molecular weight is 276 g/mol. The summed E-state index contributed by atoms with van der Waals surface area (Å²) in [4.78, 5) is 2.43. The highest BCUT2D eigenvalue weighted by Crippen LogP contribution is 2.11. The van der Waals surface area contributed by atoms with Gasteiger partial charge in [-0.2, -0.15) is 0 Å². The summed E-state index contributed by atoms with van der Waals surface area (Å²) < 4.78 is 10.8. The van der Waals surface area contributed by atoms with E-state index in [1.807, 2.05) is 12.1 Å². The number of nitrogens with zero attached hydrogens (tertiary/aromatic N) is 1. The summed E-state index contributed by atoms with van der Waals surface area (Å²) >= 11 is 0. The van der Waals surface area contributed by atoms with Crippen LogP contribution in [0.5, 0.6) is 5.75 Å². The molecule has 0 spiro atoms. The molecule has 1 N–H and O–H groups in total. The van der Waals surface area contributed by atoms with Crippen molar-refractivity contribution in [3.63, 3.8) is 0 Å². The van der Waals surface area contributed by atoms with E-state index in [4.69, 9.17) is 9.47 Å². The van der Waals surface area contributed by atoms with E-state index in [-0.39, 0.29) is 0 Å². The minimum absolute atomic E-state index is 0.553. The van der Waals surface area contributed by atoms with Crippen LogP contribution in [0.25, 0.3) is 0 Å². The number of benzene rings is 1. The van der Waals surface area contributed by atoms with Crippen molar-refractivity contribution in [2.75, 3.05) is 46.0 Å². The largest absolute Gasteiger partial charge is 0.490 e. The fourth-order valence-corrected chi connectivity index (χ4v) is 2.15. The second kappa shape index (κ2) is 8.74. The molecule has 0 radical (unpaired) electrons. The predicted molar refractivity (Wildman–Crippen MR) is 81.1 cm³/mol. The van der Waals surface area contributed by atoms with Gasteiger partial charge in [-0.1, -0.05) is 24.8 Å². The maximum atomic E-state index is 5.46. The summed E-state index contributed by atoms with van der Waals surface area (Å²) in [7, 11) is 0. The molecule has 0 bridgehead atoms. The number of hydrogen-bond acceptors (Lipinski definition) is 4. The SMILES string of the molecule is C=CCOc1ccc(CNCCN2CCOCC2)cc1. The van der Waals surface area contributed by atoms with Crippen molar-refractivity contribution in [1.29, 1.82) is 0 Å². The van der Waals surface area contributed by atoms with Gasteiger partial charge in [0.15, 0.2) is 0 Å². The van der Waals surface area contributed by atoms with Crippen LogP contribution in [0, 0.1) is 0 Å². The highest BCUT2D eigenvalue weighted by Gasteiger charge is 2.08. The molecule has 20 heavy (non-hydrogen) atoms. The van der Waals surface area contributed by atoms with Crippen molar-refractivity contribution in [3.8, 4) is 5.75 Å². The Bertz CT molecular complexity index is 386. The molecule has 110 valence electrons. The average Bonchev–Trinajstić information content (AvgIpc) is 2.52. The Balaban J connectivity index is 1.62. The minimum Gasteiger partial charge on any atom is -0.490 e. The Morgan fingerprint density at radius 2 is 2.00 bits per heavy atom. The second-order valence-electron chi connectivity index (χ2n) is 4.87. The lowest BCUT2D eigenvalue weighted by Crippen LogP contribution is -2.40. The van der Waals surface area contributed by atoms with Crippen LogP contribution < -0.4 is 10.1 Å². The lowest BCUT2D eigenvalue weighted by atomic mass is 10.2. The molecule has 1 aliphatic rings. The Labute approximate surface area is 121 Å². The Morgan fingerprint density at radius 3 is 2.70 bits per heavy atom. The summed E-state index contributed by atoms with van der Waals surface area (Å²) in [5.74, 6) is 0.891. The molecule has 4 nitrogen and oxygen atoms in total. The maximum Gasteiger partial charge on any atom is 0.119 e. The van der Waals surface area contributed by atoms with Gasteiger partial charge in [-0.25, -0.2) is 0 Å². The van der Waals surface area contributed by atoms with Gasteiger partial charge in [0.05, 0.1) is 13.2 Å². The Hall–Kier alpha value is -1.36. The van der Waals surface area contributed by atoms with E-state index >= 15 is 0 Å². The van der Waals surface area contributed by atoms with Crippen LogP contribution in [0.15, 0.2) is 36.9 Å². The fraction of sp³-hybridized carbons (Fsp3) is 0.500. The van der Waals surface area contributed by atoms with Gasteiger partial charge in [-0.15, -0.1) is 0 Å². The maximum absolute atomic E-state index is 5.46. The van der Waals surface area contributed by atoms with Gasteiger partial charge >= 0.3 is 0 Å². The topological polar surface area (TPSA) is 33.7 Å². The smallest absolute Gasteiger partial charge is 0.119 e. The molecule has 1 fully saturated rings. The molecule has 1 heterocycles. The van der Waals surface area contributed by atoms with Gasteiger partial charge in [0.25, 0.3) is 0 Å². The van der Waals surface area contributed by atoms with Crippen molar-refractivity contribution in [2.24, 2.45) is 0 Å². The summed E-state index contributed by atoms with van der Waals surface area (Å²) in [5.41, 5.74) is 1.28. The van der Waals surface area contributed by atoms with E-state index in [0.29, 0.717) is 6.61 Å². The third-order valence-corrected chi connectivity index (χ3v) is 3.33. The van der Waals surface area contributed by atoms with Crippen LogP contribution in [0.1, 0.15) is 5.56 Å². The predicted octanol–water partition coefficient (Wildman–Crippen LogP) is 1.67. The molecule has 0 atom stereocenters. The molecule has 0 aliphatic carbocycles. The van der Waals surface area contributed by atoms with Crippen LogP contribution >= 0.6 is 0 Å². The summed E-state index contributed by atoms with van der Waals surface area (Å²) in [6.07, 6.45) is 1.75. The quantitative estimate of drug-likeness (QED) is 0.578. The van der Waals surface area contributed by atoms with Crippen LogP contribution in [-0.4, -0.2) is 50.9 Å². The summed E-state index contributed by atoms with van der Waals surface area (Å²) in [5, 5.41) is 3.47. The number of nitrogens with one attached hydrogen (secondary N) is 1. The zero-order valence-corrected chi connectivity index (χ0v) is 12.0. The van der Waals surface area contributed by atoms with E-state index < -0.39 is 0 Å². The van der Waals surface area contributed by atoms with Crippen molar-refractivity contribution < 1.29 is 9.47 Å².